The van der Waals surface area contributed by atoms with Gasteiger partial charge >= 0.3 is 0 Å². The summed E-state index contributed by atoms with van der Waals surface area (Å²) in [6.45, 7) is 6.11. The van der Waals surface area contributed by atoms with Crippen LogP contribution >= 0.6 is 22.9 Å². The molecule has 1 aliphatic heterocycles. The standard InChI is InChI=1S/C23H26ClN5O3S2/c1-15-6-5-13-29(14-15)18-11-9-17(10-12-18)16(2)28-34(31,32)23-27-26-22(33-23)25-21(30)19-7-3-4-8-20(19)24/h3-4,7-12,15-16,28H,5-6,13-14H2,1-2H3,(H,25,26,30)/t15-,16-/m0/s1. The smallest absolute Gasteiger partial charge is 0.270 e. The lowest BCUT2D eigenvalue weighted by Gasteiger charge is -2.33. The molecular formula is C23H26ClN5O3S2. The zero-order chi connectivity index (χ0) is 24.3. The van der Waals surface area contributed by atoms with Crippen molar-refractivity contribution < 1.29 is 13.2 Å². The molecule has 3 aromatic rings. The average molecular weight is 520 g/mol. The number of sulfonamides is 1. The predicted molar refractivity (Wildman–Crippen MR) is 135 cm³/mol. The summed E-state index contributed by atoms with van der Waals surface area (Å²) in [6, 6.07) is 14.0. The first-order valence-corrected chi connectivity index (χ1v) is 13.7. The molecule has 1 saturated heterocycles. The SMILES string of the molecule is C[C@H]1CCCN(c2ccc([C@H](C)NS(=O)(=O)c3nnc(NC(=O)c4ccccc4Cl)s3)cc2)C1. The lowest BCUT2D eigenvalue weighted by molar-refractivity contribution is 0.102. The molecule has 2 N–H and O–H groups in total. The summed E-state index contributed by atoms with van der Waals surface area (Å²) in [5.41, 5.74) is 2.25. The Morgan fingerprint density at radius 1 is 1.18 bits per heavy atom. The fraction of sp³-hybridized carbons (Fsp3) is 0.348. The fourth-order valence-corrected chi connectivity index (χ4v) is 6.29. The van der Waals surface area contributed by atoms with Crippen molar-refractivity contribution in [2.45, 2.75) is 37.1 Å². The number of benzene rings is 2. The molecule has 2 atom stereocenters. The third-order valence-electron chi connectivity index (χ3n) is 5.72. The van der Waals surface area contributed by atoms with Crippen molar-refractivity contribution in [2.24, 2.45) is 5.92 Å². The lowest BCUT2D eigenvalue weighted by Crippen LogP contribution is -2.34. The molecule has 180 valence electrons. The van der Waals surface area contributed by atoms with E-state index in [1.54, 1.807) is 31.2 Å². The Labute approximate surface area is 208 Å². The number of carbonyl (C=O) groups is 1. The van der Waals surface area contributed by atoms with Crippen molar-refractivity contribution in [3.05, 3.63) is 64.7 Å². The highest BCUT2D eigenvalue weighted by molar-refractivity contribution is 7.91. The van der Waals surface area contributed by atoms with Crippen molar-refractivity contribution in [1.82, 2.24) is 14.9 Å². The molecule has 11 heteroatoms. The van der Waals surface area contributed by atoms with Gasteiger partial charge < -0.3 is 4.90 Å². The Morgan fingerprint density at radius 2 is 1.91 bits per heavy atom. The number of piperidine rings is 1. The first-order chi connectivity index (χ1) is 16.2. The number of halogens is 1. The van der Waals surface area contributed by atoms with Crippen molar-refractivity contribution >= 4 is 49.7 Å². The lowest BCUT2D eigenvalue weighted by atomic mass is 9.99. The summed E-state index contributed by atoms with van der Waals surface area (Å²) in [4.78, 5) is 14.8. The van der Waals surface area contributed by atoms with E-state index in [-0.39, 0.29) is 20.1 Å². The van der Waals surface area contributed by atoms with Gasteiger partial charge in [-0.2, -0.15) is 0 Å². The Hall–Kier alpha value is -2.53. The number of nitrogens with zero attached hydrogens (tertiary/aromatic N) is 3. The molecule has 1 amide bonds. The van der Waals surface area contributed by atoms with Crippen LogP contribution in [0.25, 0.3) is 0 Å². The number of rotatable bonds is 7. The number of anilines is 2. The molecular weight excluding hydrogens is 494 g/mol. The van der Waals surface area contributed by atoms with Gasteiger partial charge in [0.2, 0.25) is 9.47 Å². The number of hydrogen-bond acceptors (Lipinski definition) is 7. The van der Waals surface area contributed by atoms with Crippen molar-refractivity contribution in [3.63, 3.8) is 0 Å². The van der Waals surface area contributed by atoms with Crippen LogP contribution in [-0.4, -0.2) is 37.6 Å². The second-order valence-electron chi connectivity index (χ2n) is 8.44. The molecule has 8 nitrogen and oxygen atoms in total. The van der Waals surface area contributed by atoms with Gasteiger partial charge in [-0.3, -0.25) is 10.1 Å². The summed E-state index contributed by atoms with van der Waals surface area (Å²) in [7, 11) is -3.93. The zero-order valence-electron chi connectivity index (χ0n) is 18.9. The minimum Gasteiger partial charge on any atom is -0.371 e. The van der Waals surface area contributed by atoms with Crippen LogP contribution in [0.4, 0.5) is 10.8 Å². The van der Waals surface area contributed by atoms with Gasteiger partial charge in [0.15, 0.2) is 0 Å². The second-order valence-corrected chi connectivity index (χ2v) is 11.7. The van der Waals surface area contributed by atoms with E-state index in [2.05, 4.69) is 32.1 Å². The monoisotopic (exact) mass is 519 g/mol. The third kappa shape index (κ3) is 5.75. The summed E-state index contributed by atoms with van der Waals surface area (Å²) in [5.74, 6) is 0.181. The predicted octanol–water partition coefficient (Wildman–Crippen LogP) is 4.72. The molecule has 34 heavy (non-hydrogen) atoms. The molecule has 0 spiro atoms. The largest absolute Gasteiger partial charge is 0.371 e. The van der Waals surface area contributed by atoms with Crippen molar-refractivity contribution in [3.8, 4) is 0 Å². The summed E-state index contributed by atoms with van der Waals surface area (Å²) < 4.78 is 28.1. The van der Waals surface area contributed by atoms with Crippen LogP contribution in [0.5, 0.6) is 0 Å². The maximum Gasteiger partial charge on any atom is 0.270 e. The summed E-state index contributed by atoms with van der Waals surface area (Å²) in [6.07, 6.45) is 2.44. The molecule has 0 unspecified atom stereocenters. The highest BCUT2D eigenvalue weighted by atomic mass is 35.5. The highest BCUT2D eigenvalue weighted by Crippen LogP contribution is 2.27. The molecule has 0 saturated carbocycles. The quantitative estimate of drug-likeness (QED) is 0.438. The molecule has 4 rings (SSSR count). The molecule has 1 aliphatic rings. The second kappa shape index (κ2) is 10.4. The maximum absolute atomic E-state index is 12.8. The van der Waals surface area contributed by atoms with Gasteiger partial charge in [0.25, 0.3) is 15.9 Å². The molecule has 0 radical (unpaired) electrons. The van der Waals surface area contributed by atoms with E-state index in [0.717, 1.165) is 35.7 Å². The Bertz CT molecular complexity index is 1260. The Kier molecular flexibility index (Phi) is 7.51. The molecule has 2 heterocycles. The minimum absolute atomic E-state index is 0.0676. The first kappa shape index (κ1) is 24.6. The number of amides is 1. The Balaban J connectivity index is 1.40. The molecule has 1 fully saturated rings. The zero-order valence-corrected chi connectivity index (χ0v) is 21.3. The van der Waals surface area contributed by atoms with Crippen LogP contribution < -0.4 is 14.9 Å². The molecule has 0 aliphatic carbocycles. The van der Waals surface area contributed by atoms with Gasteiger partial charge in [0.1, 0.15) is 0 Å². The molecule has 0 bridgehead atoms. The molecule has 1 aromatic heterocycles. The summed E-state index contributed by atoms with van der Waals surface area (Å²) >= 11 is 6.81. The topological polar surface area (TPSA) is 104 Å². The van der Waals surface area contributed by atoms with Gasteiger partial charge in [0, 0.05) is 24.8 Å². The Morgan fingerprint density at radius 3 is 2.62 bits per heavy atom. The van der Waals surface area contributed by atoms with Gasteiger partial charge in [-0.15, -0.1) is 10.2 Å². The minimum atomic E-state index is -3.93. The number of carbonyl (C=O) groups excluding carboxylic acids is 1. The number of hydrogen-bond donors (Lipinski definition) is 2. The van der Waals surface area contributed by atoms with Gasteiger partial charge in [0.05, 0.1) is 10.6 Å². The van der Waals surface area contributed by atoms with E-state index in [1.165, 1.54) is 12.8 Å². The van der Waals surface area contributed by atoms with E-state index < -0.39 is 22.0 Å². The van der Waals surface area contributed by atoms with Crippen LogP contribution in [0.15, 0.2) is 52.9 Å². The highest BCUT2D eigenvalue weighted by Gasteiger charge is 2.24. The first-order valence-electron chi connectivity index (χ1n) is 11.0. The van der Waals surface area contributed by atoms with E-state index >= 15 is 0 Å². The van der Waals surface area contributed by atoms with Crippen LogP contribution in [0.3, 0.4) is 0 Å². The summed E-state index contributed by atoms with van der Waals surface area (Å²) in [5, 5.41) is 10.4. The van der Waals surface area contributed by atoms with Gasteiger partial charge in [-0.1, -0.05) is 54.1 Å². The normalized spacial score (nSPS) is 17.4. The van der Waals surface area contributed by atoms with Crippen LogP contribution in [0.1, 0.15) is 48.7 Å². The van der Waals surface area contributed by atoms with Crippen molar-refractivity contribution in [2.75, 3.05) is 23.3 Å². The average Bonchev–Trinajstić information content (AvgIpc) is 3.29. The van der Waals surface area contributed by atoms with Crippen LogP contribution in [0.2, 0.25) is 5.02 Å². The van der Waals surface area contributed by atoms with Gasteiger partial charge in [-0.05, 0) is 55.5 Å². The fourth-order valence-electron chi connectivity index (χ4n) is 3.93. The van der Waals surface area contributed by atoms with Crippen LogP contribution in [-0.2, 0) is 10.0 Å². The number of nitrogens with one attached hydrogen (secondary N) is 2. The molecule has 2 aromatic carbocycles. The van der Waals surface area contributed by atoms with E-state index in [9.17, 15) is 13.2 Å². The third-order valence-corrected chi connectivity index (χ3v) is 8.80. The van der Waals surface area contributed by atoms with Crippen molar-refractivity contribution in [1.29, 1.82) is 0 Å². The maximum atomic E-state index is 12.8. The van der Waals surface area contributed by atoms with E-state index in [4.69, 9.17) is 11.6 Å². The van der Waals surface area contributed by atoms with Gasteiger partial charge in [-0.25, -0.2) is 13.1 Å². The van der Waals surface area contributed by atoms with E-state index in [0.29, 0.717) is 5.92 Å². The van der Waals surface area contributed by atoms with Crippen LogP contribution in [0, 0.1) is 5.92 Å². The van der Waals surface area contributed by atoms with E-state index in [1.807, 2.05) is 24.3 Å². The number of aromatic nitrogens is 2.